The third-order valence-corrected chi connectivity index (χ3v) is 2.88. The number of piperazine rings is 1. The minimum Gasteiger partial charge on any atom is -0.479 e. The molecule has 18 heavy (non-hydrogen) atoms. The molecule has 0 radical (unpaired) electrons. The fraction of sp³-hybridized carbons (Fsp3) is 0.727. The second kappa shape index (κ2) is 6.34. The lowest BCUT2D eigenvalue weighted by Gasteiger charge is -2.34. The van der Waals surface area contributed by atoms with Gasteiger partial charge in [0, 0.05) is 33.1 Å². The lowest BCUT2D eigenvalue weighted by Crippen LogP contribution is -2.51. The molecule has 1 aliphatic rings. The van der Waals surface area contributed by atoms with E-state index in [9.17, 15) is 14.4 Å². The molecular weight excluding hydrogens is 240 g/mol. The van der Waals surface area contributed by atoms with Crippen LogP contribution in [0.25, 0.3) is 0 Å². The van der Waals surface area contributed by atoms with E-state index in [2.05, 4.69) is 0 Å². The molecule has 102 valence electrons. The molecule has 0 saturated carbocycles. The van der Waals surface area contributed by atoms with Crippen molar-refractivity contribution in [3.63, 3.8) is 0 Å². The van der Waals surface area contributed by atoms with Crippen molar-refractivity contribution in [2.45, 2.75) is 20.0 Å². The Labute approximate surface area is 105 Å². The molecule has 0 aromatic heterocycles. The second-order valence-corrected chi connectivity index (χ2v) is 4.18. The Hall–Kier alpha value is -1.63. The number of carbonyl (C=O) groups is 3. The zero-order valence-electron chi connectivity index (χ0n) is 10.6. The fourth-order valence-corrected chi connectivity index (χ4v) is 1.63. The summed E-state index contributed by atoms with van der Waals surface area (Å²) in [5.41, 5.74) is 0. The van der Waals surface area contributed by atoms with Crippen molar-refractivity contribution in [3.05, 3.63) is 0 Å². The van der Waals surface area contributed by atoms with Gasteiger partial charge in [-0.05, 0) is 6.92 Å². The summed E-state index contributed by atoms with van der Waals surface area (Å²) in [6.45, 7) is 4.57. The predicted octanol–water partition coefficient (Wildman–Crippen LogP) is -0.833. The van der Waals surface area contributed by atoms with Crippen LogP contribution in [-0.2, 0) is 19.1 Å². The number of carbonyl (C=O) groups excluding carboxylic acids is 2. The largest absolute Gasteiger partial charge is 0.479 e. The van der Waals surface area contributed by atoms with Crippen molar-refractivity contribution in [2.75, 3.05) is 32.8 Å². The average molecular weight is 258 g/mol. The number of rotatable bonds is 4. The van der Waals surface area contributed by atoms with Gasteiger partial charge in [0.1, 0.15) is 6.61 Å². The van der Waals surface area contributed by atoms with Crippen LogP contribution in [0.5, 0.6) is 0 Å². The number of nitrogens with zero attached hydrogens (tertiary/aromatic N) is 2. The van der Waals surface area contributed by atoms with Crippen molar-refractivity contribution in [3.8, 4) is 0 Å². The summed E-state index contributed by atoms with van der Waals surface area (Å²) in [7, 11) is 0. The highest BCUT2D eigenvalue weighted by Gasteiger charge is 2.23. The normalized spacial score (nSPS) is 17.4. The molecule has 0 aromatic rings. The summed E-state index contributed by atoms with van der Waals surface area (Å²) in [5, 5.41) is 8.61. The van der Waals surface area contributed by atoms with E-state index in [0.717, 1.165) is 0 Å². The van der Waals surface area contributed by atoms with Crippen molar-refractivity contribution in [1.82, 2.24) is 9.80 Å². The Balaban J connectivity index is 2.32. The lowest BCUT2D eigenvalue weighted by atomic mass is 10.3. The average Bonchev–Trinajstić information content (AvgIpc) is 2.35. The van der Waals surface area contributed by atoms with E-state index in [1.807, 2.05) is 0 Å². The van der Waals surface area contributed by atoms with Gasteiger partial charge >= 0.3 is 5.97 Å². The molecule has 0 aromatic carbocycles. The van der Waals surface area contributed by atoms with Gasteiger partial charge in [0.25, 0.3) is 0 Å². The van der Waals surface area contributed by atoms with E-state index in [4.69, 9.17) is 9.84 Å². The first-order valence-electron chi connectivity index (χ1n) is 5.79. The van der Waals surface area contributed by atoms with Gasteiger partial charge in [0.15, 0.2) is 6.10 Å². The van der Waals surface area contributed by atoms with Crippen LogP contribution in [0.15, 0.2) is 0 Å². The van der Waals surface area contributed by atoms with Gasteiger partial charge in [-0.25, -0.2) is 4.79 Å². The summed E-state index contributed by atoms with van der Waals surface area (Å²) in [6.07, 6.45) is -0.993. The van der Waals surface area contributed by atoms with Crippen LogP contribution in [-0.4, -0.2) is 71.6 Å². The molecule has 7 nitrogen and oxygen atoms in total. The van der Waals surface area contributed by atoms with Gasteiger partial charge in [-0.15, -0.1) is 0 Å². The quantitative estimate of drug-likeness (QED) is 0.711. The summed E-state index contributed by atoms with van der Waals surface area (Å²) < 4.78 is 4.92. The molecule has 1 fully saturated rings. The first kappa shape index (κ1) is 14.4. The molecule has 1 heterocycles. The standard InChI is InChI=1S/C11H18N2O5/c1-8(11(16)17)18-7-10(15)13-5-3-12(4-6-13)9(2)14/h8H,3-7H2,1-2H3,(H,16,17). The van der Waals surface area contributed by atoms with Crippen LogP contribution in [0.1, 0.15) is 13.8 Å². The first-order chi connectivity index (χ1) is 8.41. The number of amides is 2. The molecule has 1 saturated heterocycles. The Kier molecular flexibility index (Phi) is 5.08. The maximum absolute atomic E-state index is 11.7. The zero-order valence-corrected chi connectivity index (χ0v) is 10.6. The molecule has 0 bridgehead atoms. The third kappa shape index (κ3) is 3.99. The Morgan fingerprint density at radius 3 is 2.11 bits per heavy atom. The third-order valence-electron chi connectivity index (χ3n) is 2.88. The van der Waals surface area contributed by atoms with E-state index in [1.165, 1.54) is 13.8 Å². The van der Waals surface area contributed by atoms with Crippen LogP contribution < -0.4 is 0 Å². The maximum Gasteiger partial charge on any atom is 0.332 e. The summed E-state index contributed by atoms with van der Waals surface area (Å²) in [5.74, 6) is -1.34. The maximum atomic E-state index is 11.7. The molecule has 1 atom stereocenters. The fourth-order valence-electron chi connectivity index (χ4n) is 1.63. The first-order valence-corrected chi connectivity index (χ1v) is 5.79. The number of hydrogen-bond acceptors (Lipinski definition) is 4. The number of hydrogen-bond donors (Lipinski definition) is 1. The monoisotopic (exact) mass is 258 g/mol. The van der Waals surface area contributed by atoms with Gasteiger partial charge in [0.2, 0.25) is 11.8 Å². The number of ether oxygens (including phenoxy) is 1. The minimum atomic E-state index is -1.09. The molecule has 2 amide bonds. The summed E-state index contributed by atoms with van der Waals surface area (Å²) in [6, 6.07) is 0. The van der Waals surface area contributed by atoms with Crippen molar-refractivity contribution >= 4 is 17.8 Å². The molecule has 1 rings (SSSR count). The van der Waals surface area contributed by atoms with Gasteiger partial charge in [-0.1, -0.05) is 0 Å². The zero-order chi connectivity index (χ0) is 13.7. The molecular formula is C11H18N2O5. The molecule has 1 unspecified atom stereocenters. The highest BCUT2D eigenvalue weighted by Crippen LogP contribution is 2.03. The summed E-state index contributed by atoms with van der Waals surface area (Å²) in [4.78, 5) is 36.6. The SMILES string of the molecule is CC(=O)N1CCN(C(=O)COC(C)C(=O)O)CC1. The highest BCUT2D eigenvalue weighted by atomic mass is 16.5. The van der Waals surface area contributed by atoms with E-state index < -0.39 is 12.1 Å². The smallest absolute Gasteiger partial charge is 0.332 e. The Morgan fingerprint density at radius 1 is 1.17 bits per heavy atom. The topological polar surface area (TPSA) is 87.2 Å². The molecule has 1 aliphatic heterocycles. The van der Waals surface area contributed by atoms with E-state index in [0.29, 0.717) is 26.2 Å². The molecule has 1 N–H and O–H groups in total. The van der Waals surface area contributed by atoms with Crippen molar-refractivity contribution in [2.24, 2.45) is 0 Å². The van der Waals surface area contributed by atoms with Gasteiger partial charge < -0.3 is 19.6 Å². The predicted molar refractivity (Wildman–Crippen MR) is 61.9 cm³/mol. The van der Waals surface area contributed by atoms with Gasteiger partial charge in [0.05, 0.1) is 0 Å². The minimum absolute atomic E-state index is 0.00199. The Morgan fingerprint density at radius 2 is 1.67 bits per heavy atom. The van der Waals surface area contributed by atoms with Gasteiger partial charge in [-0.3, -0.25) is 9.59 Å². The summed E-state index contributed by atoms with van der Waals surface area (Å²) >= 11 is 0. The Bertz CT molecular complexity index is 336. The van der Waals surface area contributed by atoms with Crippen LogP contribution in [0.3, 0.4) is 0 Å². The van der Waals surface area contributed by atoms with Crippen LogP contribution >= 0.6 is 0 Å². The highest BCUT2D eigenvalue weighted by molar-refractivity contribution is 5.79. The number of aliphatic carboxylic acids is 1. The molecule has 0 aliphatic carbocycles. The van der Waals surface area contributed by atoms with Crippen LogP contribution in [0.4, 0.5) is 0 Å². The second-order valence-electron chi connectivity index (χ2n) is 4.18. The molecule has 0 spiro atoms. The number of carboxylic acids is 1. The number of carboxylic acid groups (broad SMARTS) is 1. The lowest BCUT2D eigenvalue weighted by molar-refractivity contribution is -0.154. The van der Waals surface area contributed by atoms with Gasteiger partial charge in [-0.2, -0.15) is 0 Å². The van der Waals surface area contributed by atoms with E-state index in [1.54, 1.807) is 9.80 Å². The van der Waals surface area contributed by atoms with E-state index >= 15 is 0 Å². The van der Waals surface area contributed by atoms with Crippen LogP contribution in [0, 0.1) is 0 Å². The van der Waals surface area contributed by atoms with Crippen molar-refractivity contribution in [1.29, 1.82) is 0 Å². The van der Waals surface area contributed by atoms with Crippen molar-refractivity contribution < 1.29 is 24.2 Å². The van der Waals surface area contributed by atoms with Crippen LogP contribution in [0.2, 0.25) is 0 Å². The van der Waals surface area contributed by atoms with E-state index in [-0.39, 0.29) is 18.4 Å². The molecule has 7 heteroatoms.